The Labute approximate surface area is 154 Å². The average Bonchev–Trinajstić information content (AvgIpc) is 2.51. The fourth-order valence-electron chi connectivity index (χ4n) is 3.55. The number of carbonyl (C=O) groups excluding carboxylic acids is 2. The second kappa shape index (κ2) is 8.27. The van der Waals surface area contributed by atoms with E-state index in [1.54, 1.807) is 0 Å². The van der Waals surface area contributed by atoms with E-state index in [9.17, 15) is 9.59 Å². The largest absolute Gasteiger partial charge is 0.299 e. The molecule has 0 radical (unpaired) electrons. The Kier molecular flexibility index (Phi) is 6.83. The van der Waals surface area contributed by atoms with Crippen LogP contribution in [0.1, 0.15) is 53.4 Å². The number of ketones is 2. The van der Waals surface area contributed by atoms with Gasteiger partial charge in [-0.05, 0) is 38.5 Å². The monoisotopic (exact) mass is 366 g/mol. The Hall–Kier alpha value is -0.480. The molecule has 0 heterocycles. The summed E-state index contributed by atoms with van der Waals surface area (Å²) in [6.07, 6.45) is 3.35. The highest BCUT2D eigenvalue weighted by atomic mass is 33.1. The Morgan fingerprint density at radius 2 is 1.17 bits per heavy atom. The lowest BCUT2D eigenvalue weighted by molar-refractivity contribution is -0.125. The van der Waals surface area contributed by atoms with E-state index in [0.717, 1.165) is 24.0 Å². The van der Waals surface area contributed by atoms with Gasteiger partial charge >= 0.3 is 0 Å². The van der Waals surface area contributed by atoms with Crippen LogP contribution in [0.15, 0.2) is 24.3 Å². The van der Waals surface area contributed by atoms with E-state index >= 15 is 0 Å². The minimum Gasteiger partial charge on any atom is -0.299 e. The van der Waals surface area contributed by atoms with E-state index in [1.807, 2.05) is 35.4 Å². The van der Waals surface area contributed by atoms with Crippen molar-refractivity contribution < 1.29 is 9.59 Å². The molecule has 134 valence electrons. The maximum absolute atomic E-state index is 12.3. The maximum atomic E-state index is 12.3. The SMILES string of the molecule is C=C(C)[C@H]1CC(=O)C(C)C(SSC2C[C@@H](C(=C)C)CC(=O)C2C)C1. The normalized spacial score (nSPS) is 37.3. The van der Waals surface area contributed by atoms with Crippen LogP contribution in [0.5, 0.6) is 0 Å². The van der Waals surface area contributed by atoms with Crippen molar-refractivity contribution in [3.05, 3.63) is 24.3 Å². The third-order valence-corrected chi connectivity index (χ3v) is 9.38. The highest BCUT2D eigenvalue weighted by Gasteiger charge is 2.38. The number of carbonyl (C=O) groups is 2. The fourth-order valence-corrected chi connectivity index (χ4v) is 7.42. The van der Waals surface area contributed by atoms with E-state index < -0.39 is 0 Å². The molecular formula is C20H30O2S2. The molecule has 4 unspecified atom stereocenters. The minimum atomic E-state index is 0.102. The molecule has 2 rings (SSSR count). The first kappa shape index (κ1) is 19.8. The molecule has 0 amide bonds. The van der Waals surface area contributed by atoms with Crippen LogP contribution in [-0.4, -0.2) is 22.1 Å². The van der Waals surface area contributed by atoms with Gasteiger partial charge in [-0.2, -0.15) is 0 Å². The molecule has 0 bridgehead atoms. The van der Waals surface area contributed by atoms with Gasteiger partial charge in [0, 0.05) is 35.2 Å². The van der Waals surface area contributed by atoms with Crippen molar-refractivity contribution in [2.75, 3.05) is 0 Å². The third-order valence-electron chi connectivity index (χ3n) is 5.76. The standard InChI is InChI=1S/C20H30O2S2/c1-11(2)15-7-17(21)13(5)19(9-15)23-24-20-10-16(12(3)4)8-18(22)14(20)6/h13-16,19-20H,1,3,7-10H2,2,4-6H3/t13?,14?,15-,16-,19?,20?/m0/s1. The van der Waals surface area contributed by atoms with Gasteiger partial charge in [0.25, 0.3) is 0 Å². The molecule has 2 saturated carbocycles. The van der Waals surface area contributed by atoms with Crippen LogP contribution >= 0.6 is 21.6 Å². The summed E-state index contributed by atoms with van der Waals surface area (Å²) < 4.78 is 0. The molecule has 6 atom stereocenters. The molecule has 2 aliphatic carbocycles. The van der Waals surface area contributed by atoms with Crippen molar-refractivity contribution in [1.82, 2.24) is 0 Å². The summed E-state index contributed by atoms with van der Waals surface area (Å²) in [5, 5.41) is 0.649. The molecule has 2 aliphatic rings. The zero-order chi connectivity index (χ0) is 18.0. The summed E-state index contributed by atoms with van der Waals surface area (Å²) in [4.78, 5) is 24.6. The summed E-state index contributed by atoms with van der Waals surface area (Å²) in [5.74, 6) is 1.56. The van der Waals surface area contributed by atoms with Gasteiger partial charge in [-0.15, -0.1) is 0 Å². The van der Waals surface area contributed by atoms with Gasteiger partial charge in [0.05, 0.1) is 0 Å². The van der Waals surface area contributed by atoms with Crippen LogP contribution in [0.4, 0.5) is 0 Å². The third kappa shape index (κ3) is 4.57. The number of hydrogen-bond donors (Lipinski definition) is 0. The van der Waals surface area contributed by atoms with Crippen LogP contribution in [-0.2, 0) is 9.59 Å². The Bertz CT molecular complexity index is 492. The Balaban J connectivity index is 1.99. The van der Waals surface area contributed by atoms with Gasteiger partial charge in [0.2, 0.25) is 0 Å². The van der Waals surface area contributed by atoms with E-state index in [2.05, 4.69) is 27.0 Å². The van der Waals surface area contributed by atoms with Crippen LogP contribution in [0.3, 0.4) is 0 Å². The van der Waals surface area contributed by atoms with Gasteiger partial charge in [-0.25, -0.2) is 0 Å². The zero-order valence-corrected chi connectivity index (χ0v) is 17.0. The first-order chi connectivity index (χ1) is 11.2. The molecule has 0 spiro atoms. The predicted octanol–water partition coefficient (Wildman–Crippen LogP) is 5.49. The molecule has 4 heteroatoms. The molecule has 2 nitrogen and oxygen atoms in total. The van der Waals surface area contributed by atoms with Crippen molar-refractivity contribution in [2.24, 2.45) is 23.7 Å². The second-order valence-corrected chi connectivity index (χ2v) is 10.5. The van der Waals surface area contributed by atoms with Gasteiger partial charge in [-0.3, -0.25) is 9.59 Å². The van der Waals surface area contributed by atoms with Crippen molar-refractivity contribution in [3.63, 3.8) is 0 Å². The lowest BCUT2D eigenvalue weighted by Crippen LogP contribution is -2.35. The van der Waals surface area contributed by atoms with Gasteiger partial charge < -0.3 is 0 Å². The van der Waals surface area contributed by atoms with Crippen molar-refractivity contribution >= 4 is 33.2 Å². The Morgan fingerprint density at radius 3 is 1.46 bits per heavy atom. The summed E-state index contributed by atoms with van der Waals surface area (Å²) in [6, 6.07) is 0. The highest BCUT2D eigenvalue weighted by molar-refractivity contribution is 8.77. The minimum absolute atomic E-state index is 0.102. The van der Waals surface area contributed by atoms with Gasteiger partial charge in [0.1, 0.15) is 11.6 Å². The van der Waals surface area contributed by atoms with Crippen molar-refractivity contribution in [3.8, 4) is 0 Å². The molecule has 0 aromatic heterocycles. The maximum Gasteiger partial charge on any atom is 0.137 e. The first-order valence-corrected chi connectivity index (χ1v) is 11.2. The number of allylic oxidation sites excluding steroid dienone is 2. The lowest BCUT2D eigenvalue weighted by atomic mass is 9.79. The molecule has 0 aromatic rings. The van der Waals surface area contributed by atoms with Gasteiger partial charge in [-0.1, -0.05) is 59.7 Å². The second-order valence-electron chi connectivity index (χ2n) is 7.75. The zero-order valence-electron chi connectivity index (χ0n) is 15.3. The van der Waals surface area contributed by atoms with E-state index in [4.69, 9.17) is 0 Å². The Morgan fingerprint density at radius 1 is 0.833 bits per heavy atom. The molecule has 2 fully saturated rings. The summed E-state index contributed by atoms with van der Waals surface area (Å²) in [6.45, 7) is 16.3. The topological polar surface area (TPSA) is 34.1 Å². The summed E-state index contributed by atoms with van der Waals surface area (Å²) in [5.41, 5.74) is 2.24. The summed E-state index contributed by atoms with van der Waals surface area (Å²) >= 11 is 0. The smallest absolute Gasteiger partial charge is 0.137 e. The molecule has 0 N–H and O–H groups in total. The first-order valence-electron chi connectivity index (χ1n) is 8.89. The number of rotatable bonds is 5. The predicted molar refractivity (Wildman–Crippen MR) is 106 cm³/mol. The number of Topliss-reactive ketones (excluding diaryl/α,β-unsaturated/α-hetero) is 2. The van der Waals surface area contributed by atoms with E-state index in [0.29, 0.717) is 46.7 Å². The van der Waals surface area contributed by atoms with Crippen LogP contribution in [0, 0.1) is 23.7 Å². The molecular weight excluding hydrogens is 336 g/mol. The van der Waals surface area contributed by atoms with E-state index in [1.165, 1.54) is 0 Å². The van der Waals surface area contributed by atoms with Crippen LogP contribution in [0.2, 0.25) is 0 Å². The van der Waals surface area contributed by atoms with E-state index in [-0.39, 0.29) is 11.8 Å². The average molecular weight is 367 g/mol. The fraction of sp³-hybridized carbons (Fsp3) is 0.700. The van der Waals surface area contributed by atoms with Gasteiger partial charge in [0.15, 0.2) is 0 Å². The van der Waals surface area contributed by atoms with Crippen LogP contribution in [0.25, 0.3) is 0 Å². The molecule has 0 aliphatic heterocycles. The lowest BCUT2D eigenvalue weighted by Gasteiger charge is -2.36. The molecule has 24 heavy (non-hydrogen) atoms. The summed E-state index contributed by atoms with van der Waals surface area (Å²) in [7, 11) is 3.66. The molecule has 0 saturated heterocycles. The number of hydrogen-bond acceptors (Lipinski definition) is 4. The quantitative estimate of drug-likeness (QED) is 0.476. The van der Waals surface area contributed by atoms with Crippen LogP contribution < -0.4 is 0 Å². The highest BCUT2D eigenvalue weighted by Crippen LogP contribution is 2.47. The van der Waals surface area contributed by atoms with Crippen molar-refractivity contribution in [2.45, 2.75) is 63.9 Å². The van der Waals surface area contributed by atoms with Crippen molar-refractivity contribution in [1.29, 1.82) is 0 Å². The molecule has 0 aromatic carbocycles.